The number of nitrogens with two attached hydrogens (primary N) is 1. The number of benzene rings is 2. The van der Waals surface area contributed by atoms with Gasteiger partial charge < -0.3 is 11.1 Å². The van der Waals surface area contributed by atoms with E-state index in [4.69, 9.17) is 5.73 Å². The zero-order valence-electron chi connectivity index (χ0n) is 16.3. The van der Waals surface area contributed by atoms with Crippen LogP contribution in [0.3, 0.4) is 0 Å². The molecule has 0 atom stereocenters. The third kappa shape index (κ3) is 4.14. The molecule has 0 aliphatic carbocycles. The summed E-state index contributed by atoms with van der Waals surface area (Å²) in [6, 6.07) is 14.3. The second kappa shape index (κ2) is 7.65. The molecule has 0 fully saturated rings. The number of primary amides is 1. The third-order valence-corrected chi connectivity index (χ3v) is 5.72. The third-order valence-electron chi connectivity index (χ3n) is 4.59. The molecule has 2 aromatic carbocycles. The lowest BCUT2D eigenvalue weighted by molar-refractivity contribution is 0.0995. The van der Waals surface area contributed by atoms with E-state index in [1.807, 2.05) is 0 Å². The van der Waals surface area contributed by atoms with Crippen molar-refractivity contribution in [3.63, 3.8) is 0 Å². The van der Waals surface area contributed by atoms with Crippen LogP contribution in [0.25, 0.3) is 16.8 Å². The molecule has 2 amide bonds. The summed E-state index contributed by atoms with van der Waals surface area (Å²) in [5.74, 6) is -1.08. The van der Waals surface area contributed by atoms with Gasteiger partial charge in [0.25, 0.3) is 5.91 Å². The molecule has 0 bridgehead atoms. The van der Waals surface area contributed by atoms with Gasteiger partial charge in [0.05, 0.1) is 16.1 Å². The fourth-order valence-electron chi connectivity index (χ4n) is 3.05. The minimum absolute atomic E-state index is 0.137. The number of carbonyl (C=O) groups excluding carboxylic acids is 2. The van der Waals surface area contributed by atoms with Gasteiger partial charge in [0.15, 0.2) is 15.5 Å². The van der Waals surface area contributed by atoms with Gasteiger partial charge in [-0.25, -0.2) is 17.9 Å². The summed E-state index contributed by atoms with van der Waals surface area (Å²) >= 11 is 0. The zero-order valence-corrected chi connectivity index (χ0v) is 17.1. The minimum Gasteiger partial charge on any atom is -0.366 e. The predicted molar refractivity (Wildman–Crippen MR) is 114 cm³/mol. The quantitative estimate of drug-likeness (QED) is 0.493. The molecular formula is C21H17N5O4S. The molecule has 2 heterocycles. The van der Waals surface area contributed by atoms with E-state index in [9.17, 15) is 18.0 Å². The van der Waals surface area contributed by atoms with E-state index in [-0.39, 0.29) is 16.2 Å². The summed E-state index contributed by atoms with van der Waals surface area (Å²) in [5, 5.41) is 7.15. The van der Waals surface area contributed by atoms with Crippen molar-refractivity contribution in [1.29, 1.82) is 0 Å². The fraction of sp³-hybridized carbons (Fsp3) is 0.0476. The number of fused-ring (bicyclic) bond motifs is 1. The molecule has 9 nitrogen and oxygen atoms in total. The van der Waals surface area contributed by atoms with Crippen LogP contribution in [0.4, 0.5) is 5.69 Å². The van der Waals surface area contributed by atoms with Crippen molar-refractivity contribution in [2.24, 2.45) is 5.73 Å². The standard InChI is InChI=1S/C21H17N5O4S/c1-31(29,30)16-7-5-13(6-8-16)17-12-18-19(23-9-10-26(18)25-17)21(28)24-15-4-2-3-14(11-15)20(22)27/h2-12H,1H3,(H2,22,27)(H,24,28). The smallest absolute Gasteiger partial charge is 0.276 e. The summed E-state index contributed by atoms with van der Waals surface area (Å²) in [6.07, 6.45) is 4.20. The van der Waals surface area contributed by atoms with E-state index in [1.54, 1.807) is 42.6 Å². The fourth-order valence-corrected chi connectivity index (χ4v) is 3.68. The number of carbonyl (C=O) groups is 2. The maximum absolute atomic E-state index is 12.8. The van der Waals surface area contributed by atoms with Crippen LogP contribution >= 0.6 is 0 Å². The highest BCUT2D eigenvalue weighted by Gasteiger charge is 2.16. The van der Waals surface area contributed by atoms with Crippen LogP contribution in [-0.2, 0) is 9.84 Å². The van der Waals surface area contributed by atoms with Gasteiger partial charge in [-0.1, -0.05) is 18.2 Å². The van der Waals surface area contributed by atoms with Crippen molar-refractivity contribution in [1.82, 2.24) is 14.6 Å². The summed E-state index contributed by atoms with van der Waals surface area (Å²) in [7, 11) is -3.30. The van der Waals surface area contributed by atoms with Crippen molar-refractivity contribution < 1.29 is 18.0 Å². The van der Waals surface area contributed by atoms with Crippen LogP contribution in [0.2, 0.25) is 0 Å². The van der Waals surface area contributed by atoms with Crippen LogP contribution in [0, 0.1) is 0 Å². The highest BCUT2D eigenvalue weighted by Crippen LogP contribution is 2.23. The Labute approximate surface area is 177 Å². The average molecular weight is 435 g/mol. The van der Waals surface area contributed by atoms with Crippen molar-refractivity contribution in [3.05, 3.63) is 78.2 Å². The molecule has 0 saturated carbocycles. The number of nitrogens with zero attached hydrogens (tertiary/aromatic N) is 3. The summed E-state index contributed by atoms with van der Waals surface area (Å²) in [6.45, 7) is 0. The Balaban J connectivity index is 1.67. The Morgan fingerprint density at radius 3 is 2.48 bits per heavy atom. The van der Waals surface area contributed by atoms with E-state index >= 15 is 0 Å². The molecule has 10 heteroatoms. The number of hydrogen-bond acceptors (Lipinski definition) is 6. The first-order valence-corrected chi connectivity index (χ1v) is 11.0. The van der Waals surface area contributed by atoms with Gasteiger partial charge in [-0.2, -0.15) is 5.10 Å². The van der Waals surface area contributed by atoms with E-state index in [0.717, 1.165) is 6.26 Å². The molecule has 156 valence electrons. The normalized spacial score (nSPS) is 11.4. The van der Waals surface area contributed by atoms with Crippen LogP contribution in [0.5, 0.6) is 0 Å². The van der Waals surface area contributed by atoms with Crippen LogP contribution in [0.1, 0.15) is 20.8 Å². The molecule has 0 aliphatic rings. The van der Waals surface area contributed by atoms with Crippen LogP contribution < -0.4 is 11.1 Å². The molecule has 0 saturated heterocycles. The molecule has 0 unspecified atom stereocenters. The SMILES string of the molecule is CS(=O)(=O)c1ccc(-c2cc3c(C(=O)Nc4cccc(C(N)=O)c4)nccn3n2)cc1. The predicted octanol–water partition coefficient (Wildman–Crippen LogP) is 2.15. The van der Waals surface area contributed by atoms with Crippen molar-refractivity contribution in [3.8, 4) is 11.3 Å². The monoisotopic (exact) mass is 435 g/mol. The van der Waals surface area contributed by atoms with Gasteiger partial charge >= 0.3 is 0 Å². The lowest BCUT2D eigenvalue weighted by Gasteiger charge is -2.06. The van der Waals surface area contributed by atoms with Gasteiger partial charge in [0.1, 0.15) is 0 Å². The van der Waals surface area contributed by atoms with E-state index < -0.39 is 21.7 Å². The number of rotatable bonds is 5. The van der Waals surface area contributed by atoms with Gasteiger partial charge in [0, 0.05) is 35.5 Å². The molecule has 0 radical (unpaired) electrons. The molecule has 4 rings (SSSR count). The van der Waals surface area contributed by atoms with Crippen molar-refractivity contribution in [2.45, 2.75) is 4.90 Å². The summed E-state index contributed by atoms with van der Waals surface area (Å²) < 4.78 is 24.8. The van der Waals surface area contributed by atoms with E-state index in [0.29, 0.717) is 22.5 Å². The molecule has 0 aliphatic heterocycles. The highest BCUT2D eigenvalue weighted by atomic mass is 32.2. The number of aromatic nitrogens is 3. The minimum atomic E-state index is -3.30. The Hall–Kier alpha value is -4.05. The summed E-state index contributed by atoms with van der Waals surface area (Å²) in [5.41, 5.74) is 7.80. The lowest BCUT2D eigenvalue weighted by atomic mass is 10.1. The van der Waals surface area contributed by atoms with Crippen LogP contribution in [-0.4, -0.2) is 41.1 Å². The average Bonchev–Trinajstić information content (AvgIpc) is 3.17. The zero-order chi connectivity index (χ0) is 22.2. The largest absolute Gasteiger partial charge is 0.366 e. The van der Waals surface area contributed by atoms with Gasteiger partial charge in [-0.3, -0.25) is 9.59 Å². The maximum Gasteiger partial charge on any atom is 0.276 e. The molecule has 3 N–H and O–H groups in total. The molecular weight excluding hydrogens is 418 g/mol. The summed E-state index contributed by atoms with van der Waals surface area (Å²) in [4.78, 5) is 28.5. The number of anilines is 1. The number of hydrogen-bond donors (Lipinski definition) is 2. The molecule has 31 heavy (non-hydrogen) atoms. The number of sulfone groups is 1. The van der Waals surface area contributed by atoms with Crippen molar-refractivity contribution >= 4 is 32.9 Å². The Bertz CT molecular complexity index is 1430. The van der Waals surface area contributed by atoms with Gasteiger partial charge in [-0.05, 0) is 36.4 Å². The maximum atomic E-state index is 12.8. The molecule has 4 aromatic rings. The topological polar surface area (TPSA) is 137 Å². The van der Waals surface area contributed by atoms with Gasteiger partial charge in [-0.15, -0.1) is 0 Å². The Kier molecular flexibility index (Phi) is 4.99. The second-order valence-corrected chi connectivity index (χ2v) is 8.85. The van der Waals surface area contributed by atoms with Crippen molar-refractivity contribution in [2.75, 3.05) is 11.6 Å². The van der Waals surface area contributed by atoms with E-state index in [2.05, 4.69) is 15.4 Å². The number of amides is 2. The number of nitrogens with one attached hydrogen (secondary N) is 1. The molecule has 0 spiro atoms. The Morgan fingerprint density at radius 1 is 1.06 bits per heavy atom. The highest BCUT2D eigenvalue weighted by molar-refractivity contribution is 7.90. The van der Waals surface area contributed by atoms with Gasteiger partial charge in [0.2, 0.25) is 5.91 Å². The van der Waals surface area contributed by atoms with E-state index in [1.165, 1.54) is 28.9 Å². The lowest BCUT2D eigenvalue weighted by Crippen LogP contribution is -2.16. The first-order chi connectivity index (χ1) is 14.7. The molecule has 2 aromatic heterocycles. The Morgan fingerprint density at radius 2 is 1.81 bits per heavy atom. The second-order valence-electron chi connectivity index (χ2n) is 6.83. The first-order valence-electron chi connectivity index (χ1n) is 9.08. The van der Waals surface area contributed by atoms with Crippen LogP contribution in [0.15, 0.2) is 71.9 Å². The first kappa shape index (κ1) is 20.2.